The summed E-state index contributed by atoms with van der Waals surface area (Å²) in [5, 5.41) is 5.91. The van der Waals surface area contributed by atoms with Gasteiger partial charge in [0, 0.05) is 16.0 Å². The molecule has 0 spiro atoms. The van der Waals surface area contributed by atoms with Crippen molar-refractivity contribution in [3.63, 3.8) is 0 Å². The van der Waals surface area contributed by atoms with E-state index in [-0.39, 0.29) is 0 Å². The molecule has 20 heavy (non-hydrogen) atoms. The van der Waals surface area contributed by atoms with E-state index in [0.717, 1.165) is 16.6 Å². The van der Waals surface area contributed by atoms with E-state index in [1.807, 2.05) is 18.7 Å². The fourth-order valence-electron chi connectivity index (χ4n) is 2.66. The van der Waals surface area contributed by atoms with Crippen molar-refractivity contribution in [2.45, 2.75) is 38.6 Å². The largest absolute Gasteiger partial charge is 0.317 e. The third-order valence-corrected chi connectivity index (χ3v) is 6.33. The molecule has 0 aliphatic carbocycles. The van der Waals surface area contributed by atoms with Gasteiger partial charge in [-0.1, -0.05) is 0 Å². The van der Waals surface area contributed by atoms with E-state index in [4.69, 9.17) is 4.98 Å². The zero-order valence-electron chi connectivity index (χ0n) is 12.3. The lowest BCUT2D eigenvalue weighted by atomic mass is 10.0. The molecular weight excluding hydrogens is 286 g/mol. The van der Waals surface area contributed by atoms with E-state index in [0.29, 0.717) is 0 Å². The van der Waals surface area contributed by atoms with Gasteiger partial charge in [-0.3, -0.25) is 0 Å². The summed E-state index contributed by atoms with van der Waals surface area (Å²) in [4.78, 5) is 11.8. The number of thioether (sulfide) groups is 1. The average Bonchev–Trinajstić information content (AvgIpc) is 2.72. The summed E-state index contributed by atoms with van der Waals surface area (Å²) in [6, 6.07) is 0. The van der Waals surface area contributed by atoms with E-state index in [1.165, 1.54) is 52.5 Å². The Morgan fingerprint density at radius 3 is 2.70 bits per heavy atom. The number of thiophene rings is 1. The zero-order valence-corrected chi connectivity index (χ0v) is 14.0. The van der Waals surface area contributed by atoms with Gasteiger partial charge in [0.15, 0.2) is 0 Å². The summed E-state index contributed by atoms with van der Waals surface area (Å²) >= 11 is 3.72. The van der Waals surface area contributed by atoms with Gasteiger partial charge in [0.25, 0.3) is 0 Å². The van der Waals surface area contributed by atoms with Crippen LogP contribution in [0.25, 0.3) is 10.2 Å². The predicted octanol–water partition coefficient (Wildman–Crippen LogP) is 3.71. The Morgan fingerprint density at radius 1 is 1.20 bits per heavy atom. The molecule has 5 heteroatoms. The van der Waals surface area contributed by atoms with Gasteiger partial charge >= 0.3 is 0 Å². The molecule has 1 saturated heterocycles. The van der Waals surface area contributed by atoms with E-state index in [1.54, 1.807) is 11.3 Å². The molecule has 0 saturated carbocycles. The summed E-state index contributed by atoms with van der Waals surface area (Å²) in [5.41, 5.74) is 1.36. The van der Waals surface area contributed by atoms with Crippen LogP contribution in [0.4, 0.5) is 0 Å². The van der Waals surface area contributed by atoms with Crippen molar-refractivity contribution in [1.29, 1.82) is 0 Å². The second kappa shape index (κ2) is 6.00. The van der Waals surface area contributed by atoms with Gasteiger partial charge in [-0.15, -0.1) is 23.1 Å². The maximum Gasteiger partial charge on any atom is 0.128 e. The fourth-order valence-corrected chi connectivity index (χ4v) is 5.12. The Morgan fingerprint density at radius 2 is 1.95 bits per heavy atom. The zero-order chi connectivity index (χ0) is 14.1. The molecule has 0 amide bonds. The molecule has 0 unspecified atom stereocenters. The Bertz CT molecular complexity index is 615. The number of aromatic nitrogens is 2. The van der Waals surface area contributed by atoms with Crippen LogP contribution in [0.3, 0.4) is 0 Å². The lowest BCUT2D eigenvalue weighted by Crippen LogP contribution is -2.28. The average molecular weight is 307 g/mol. The Kier molecular flexibility index (Phi) is 4.29. The van der Waals surface area contributed by atoms with Crippen molar-refractivity contribution >= 4 is 33.3 Å². The molecule has 0 bridgehead atoms. The van der Waals surface area contributed by atoms with Crippen molar-refractivity contribution in [2.75, 3.05) is 18.8 Å². The normalized spacial score (nSPS) is 16.9. The van der Waals surface area contributed by atoms with E-state index < -0.39 is 0 Å². The van der Waals surface area contributed by atoms with Crippen LogP contribution in [0, 0.1) is 26.7 Å². The molecule has 3 heterocycles. The molecule has 3 rings (SSSR count). The Hall–Kier alpha value is -0.650. The van der Waals surface area contributed by atoms with Gasteiger partial charge < -0.3 is 5.32 Å². The number of hydrogen-bond donors (Lipinski definition) is 1. The number of piperidine rings is 1. The van der Waals surface area contributed by atoms with Crippen LogP contribution in [0.15, 0.2) is 5.03 Å². The molecule has 0 aromatic carbocycles. The van der Waals surface area contributed by atoms with Gasteiger partial charge in [-0.05, 0) is 58.2 Å². The van der Waals surface area contributed by atoms with Gasteiger partial charge in [0.1, 0.15) is 15.7 Å². The number of nitrogens with zero attached hydrogens (tertiary/aromatic N) is 2. The van der Waals surface area contributed by atoms with Gasteiger partial charge in [-0.2, -0.15) is 0 Å². The molecule has 2 aromatic heterocycles. The van der Waals surface area contributed by atoms with Crippen molar-refractivity contribution in [3.8, 4) is 0 Å². The first-order chi connectivity index (χ1) is 9.65. The highest BCUT2D eigenvalue weighted by atomic mass is 32.2. The van der Waals surface area contributed by atoms with Crippen molar-refractivity contribution in [3.05, 3.63) is 16.3 Å². The maximum absolute atomic E-state index is 4.70. The summed E-state index contributed by atoms with van der Waals surface area (Å²) in [7, 11) is 0. The highest BCUT2D eigenvalue weighted by molar-refractivity contribution is 7.99. The molecule has 1 fully saturated rings. The van der Waals surface area contributed by atoms with Gasteiger partial charge in [0.05, 0.1) is 0 Å². The van der Waals surface area contributed by atoms with Crippen molar-refractivity contribution in [1.82, 2.24) is 15.3 Å². The van der Waals surface area contributed by atoms with Crippen molar-refractivity contribution < 1.29 is 0 Å². The Labute approximate surface area is 128 Å². The molecule has 0 radical (unpaired) electrons. The van der Waals surface area contributed by atoms with Gasteiger partial charge in [0.2, 0.25) is 0 Å². The van der Waals surface area contributed by atoms with Crippen LogP contribution in [-0.2, 0) is 0 Å². The second-order valence-corrected chi connectivity index (χ2v) is 7.76. The van der Waals surface area contributed by atoms with Crippen LogP contribution >= 0.6 is 23.1 Å². The number of aryl methyl sites for hydroxylation is 3. The minimum Gasteiger partial charge on any atom is -0.317 e. The quantitative estimate of drug-likeness (QED) is 0.693. The summed E-state index contributed by atoms with van der Waals surface area (Å²) < 4.78 is 0. The monoisotopic (exact) mass is 307 g/mol. The smallest absolute Gasteiger partial charge is 0.128 e. The summed E-state index contributed by atoms with van der Waals surface area (Å²) in [6.45, 7) is 8.71. The first-order valence-corrected chi connectivity index (χ1v) is 9.03. The van der Waals surface area contributed by atoms with Crippen LogP contribution in [-0.4, -0.2) is 28.8 Å². The highest BCUT2D eigenvalue weighted by Gasteiger charge is 2.17. The lowest BCUT2D eigenvalue weighted by molar-refractivity contribution is 0.408. The molecule has 2 aromatic rings. The molecule has 1 N–H and O–H groups in total. The first kappa shape index (κ1) is 14.3. The van der Waals surface area contributed by atoms with Crippen LogP contribution in [0.2, 0.25) is 0 Å². The minimum atomic E-state index is 0.826. The molecule has 1 aliphatic rings. The second-order valence-electron chi connectivity index (χ2n) is 5.54. The summed E-state index contributed by atoms with van der Waals surface area (Å²) in [6.07, 6.45) is 2.59. The first-order valence-electron chi connectivity index (χ1n) is 7.23. The third kappa shape index (κ3) is 2.85. The van der Waals surface area contributed by atoms with Crippen LogP contribution in [0.1, 0.15) is 29.1 Å². The highest BCUT2D eigenvalue weighted by Crippen LogP contribution is 2.36. The SMILES string of the molecule is Cc1nc(SCC2CCNCC2)c2c(C)c(C)sc2n1. The van der Waals surface area contributed by atoms with Crippen molar-refractivity contribution in [2.24, 2.45) is 5.92 Å². The van der Waals surface area contributed by atoms with Crippen LogP contribution < -0.4 is 5.32 Å². The minimum absolute atomic E-state index is 0.826. The molecule has 1 aliphatic heterocycles. The van der Waals surface area contributed by atoms with E-state index >= 15 is 0 Å². The predicted molar refractivity (Wildman–Crippen MR) is 87.9 cm³/mol. The number of nitrogens with one attached hydrogen (secondary N) is 1. The third-order valence-electron chi connectivity index (χ3n) is 4.02. The topological polar surface area (TPSA) is 37.8 Å². The van der Waals surface area contributed by atoms with E-state index in [2.05, 4.69) is 24.1 Å². The molecule has 108 valence electrons. The van der Waals surface area contributed by atoms with Gasteiger partial charge in [-0.25, -0.2) is 9.97 Å². The molecular formula is C15H21N3S2. The number of fused-ring (bicyclic) bond motifs is 1. The standard InChI is InChI=1S/C15H21N3S2/c1-9-10(2)20-15-13(9)14(17-11(3)18-15)19-8-12-4-6-16-7-5-12/h12,16H,4-8H2,1-3H3. The summed E-state index contributed by atoms with van der Waals surface area (Å²) in [5.74, 6) is 2.90. The number of hydrogen-bond acceptors (Lipinski definition) is 5. The maximum atomic E-state index is 4.70. The Balaban J connectivity index is 1.86. The lowest BCUT2D eigenvalue weighted by Gasteiger charge is -2.22. The number of rotatable bonds is 3. The molecule has 3 nitrogen and oxygen atoms in total. The fraction of sp³-hybridized carbons (Fsp3) is 0.600. The molecule has 0 atom stereocenters. The van der Waals surface area contributed by atoms with Crippen LogP contribution in [0.5, 0.6) is 0 Å². The van der Waals surface area contributed by atoms with E-state index in [9.17, 15) is 0 Å².